The molecule has 63 valence electrons. The van der Waals surface area contributed by atoms with Crippen molar-refractivity contribution in [3.8, 4) is 0 Å². The standard InChI is InChI=1S/C7H14O2.Co/c1-6(2)4-3-5-7(8)9;/h6H,3-5H2,1-2H3,(H,8,9);. The van der Waals surface area contributed by atoms with Crippen LogP contribution in [-0.4, -0.2) is 11.1 Å². The molecule has 0 saturated heterocycles. The molecule has 0 spiro atoms. The molecule has 0 aromatic carbocycles. The average molecular weight is 189 g/mol. The molecule has 0 saturated carbocycles. The first-order valence-electron chi connectivity index (χ1n) is 3.34. The van der Waals surface area contributed by atoms with Crippen LogP contribution in [0.25, 0.3) is 0 Å². The number of hydrogen-bond acceptors (Lipinski definition) is 1. The molecule has 10 heavy (non-hydrogen) atoms. The summed E-state index contributed by atoms with van der Waals surface area (Å²) in [5.74, 6) is -0.0556. The second kappa shape index (κ2) is 7.09. The van der Waals surface area contributed by atoms with Gasteiger partial charge in [0.25, 0.3) is 0 Å². The van der Waals surface area contributed by atoms with Gasteiger partial charge >= 0.3 is 5.97 Å². The number of carbonyl (C=O) groups is 1. The number of carboxylic acid groups (broad SMARTS) is 1. The van der Waals surface area contributed by atoms with Crippen molar-refractivity contribution in [2.24, 2.45) is 5.92 Å². The van der Waals surface area contributed by atoms with Gasteiger partial charge in [-0.2, -0.15) is 0 Å². The van der Waals surface area contributed by atoms with Crippen molar-refractivity contribution in [1.29, 1.82) is 0 Å². The van der Waals surface area contributed by atoms with Gasteiger partial charge in [0.15, 0.2) is 0 Å². The zero-order chi connectivity index (χ0) is 7.28. The molecule has 0 amide bonds. The largest absolute Gasteiger partial charge is 0.481 e. The summed E-state index contributed by atoms with van der Waals surface area (Å²) in [5.41, 5.74) is 0. The molecular weight excluding hydrogens is 175 g/mol. The summed E-state index contributed by atoms with van der Waals surface area (Å²) in [7, 11) is 0. The molecule has 0 aromatic rings. The van der Waals surface area contributed by atoms with E-state index in [0.29, 0.717) is 12.3 Å². The van der Waals surface area contributed by atoms with Gasteiger partial charge in [-0.05, 0) is 12.3 Å². The number of rotatable bonds is 4. The van der Waals surface area contributed by atoms with E-state index in [-0.39, 0.29) is 16.8 Å². The molecule has 1 N–H and O–H groups in total. The first-order chi connectivity index (χ1) is 4.13. The van der Waals surface area contributed by atoms with Crippen molar-refractivity contribution in [3.63, 3.8) is 0 Å². The van der Waals surface area contributed by atoms with E-state index in [1.807, 2.05) is 0 Å². The Balaban J connectivity index is 0. The van der Waals surface area contributed by atoms with Gasteiger partial charge in [-0.3, -0.25) is 4.79 Å². The number of carboxylic acids is 1. The molecule has 0 aliphatic carbocycles. The van der Waals surface area contributed by atoms with Gasteiger partial charge in [0.1, 0.15) is 0 Å². The molecule has 0 aliphatic rings. The summed E-state index contributed by atoms with van der Waals surface area (Å²) in [5, 5.41) is 8.23. The summed E-state index contributed by atoms with van der Waals surface area (Å²) < 4.78 is 0. The quantitative estimate of drug-likeness (QED) is 0.733. The van der Waals surface area contributed by atoms with Crippen molar-refractivity contribution in [2.45, 2.75) is 33.1 Å². The Hall–Kier alpha value is -0.0235. The molecule has 0 bridgehead atoms. The predicted molar refractivity (Wildman–Crippen MR) is 36.3 cm³/mol. The second-order valence-corrected chi connectivity index (χ2v) is 2.68. The van der Waals surface area contributed by atoms with Crippen LogP contribution in [0.4, 0.5) is 0 Å². The SMILES string of the molecule is CC(C)CCCC(=O)O.[Co]. The first kappa shape index (κ1) is 12.6. The molecule has 0 rings (SSSR count). The van der Waals surface area contributed by atoms with Crippen LogP contribution in [0.15, 0.2) is 0 Å². The van der Waals surface area contributed by atoms with Crippen molar-refractivity contribution in [1.82, 2.24) is 0 Å². The van der Waals surface area contributed by atoms with Crippen molar-refractivity contribution in [3.05, 3.63) is 0 Å². The van der Waals surface area contributed by atoms with Crippen LogP contribution in [0.2, 0.25) is 0 Å². The van der Waals surface area contributed by atoms with Gasteiger partial charge in [-0.25, -0.2) is 0 Å². The van der Waals surface area contributed by atoms with Crippen LogP contribution in [0.5, 0.6) is 0 Å². The average Bonchev–Trinajstić information content (AvgIpc) is 1.63. The smallest absolute Gasteiger partial charge is 0.303 e. The Morgan fingerprint density at radius 3 is 2.30 bits per heavy atom. The van der Waals surface area contributed by atoms with E-state index in [1.54, 1.807) is 0 Å². The van der Waals surface area contributed by atoms with Gasteiger partial charge in [0.2, 0.25) is 0 Å². The maximum absolute atomic E-state index is 9.98. The van der Waals surface area contributed by atoms with Crippen LogP contribution < -0.4 is 0 Å². The zero-order valence-corrected chi connectivity index (χ0v) is 7.43. The van der Waals surface area contributed by atoms with E-state index < -0.39 is 5.97 Å². The van der Waals surface area contributed by atoms with Crippen LogP contribution >= 0.6 is 0 Å². The van der Waals surface area contributed by atoms with E-state index in [2.05, 4.69) is 13.8 Å². The fourth-order valence-electron chi connectivity index (χ4n) is 0.662. The maximum Gasteiger partial charge on any atom is 0.303 e. The molecule has 3 heteroatoms. The number of aliphatic carboxylic acids is 1. The van der Waals surface area contributed by atoms with E-state index >= 15 is 0 Å². The van der Waals surface area contributed by atoms with Gasteiger partial charge < -0.3 is 5.11 Å². The van der Waals surface area contributed by atoms with Crippen LogP contribution in [-0.2, 0) is 21.6 Å². The maximum atomic E-state index is 9.98. The summed E-state index contributed by atoms with van der Waals surface area (Å²) in [6.45, 7) is 4.20. The molecule has 0 aromatic heterocycles. The molecule has 2 nitrogen and oxygen atoms in total. The molecule has 0 atom stereocenters. The summed E-state index contributed by atoms with van der Waals surface area (Å²) >= 11 is 0. The fraction of sp³-hybridized carbons (Fsp3) is 0.857. The monoisotopic (exact) mass is 189 g/mol. The molecule has 0 unspecified atom stereocenters. The minimum Gasteiger partial charge on any atom is -0.481 e. The molecular formula is C7H14CoO2. The van der Waals surface area contributed by atoms with Crippen molar-refractivity contribution < 1.29 is 26.7 Å². The molecule has 1 radical (unpaired) electrons. The fourth-order valence-corrected chi connectivity index (χ4v) is 0.662. The van der Waals surface area contributed by atoms with Crippen LogP contribution in [0.3, 0.4) is 0 Å². The molecule has 0 aliphatic heterocycles. The summed E-state index contributed by atoms with van der Waals surface area (Å²) in [6.07, 6.45) is 2.15. The van der Waals surface area contributed by atoms with E-state index in [9.17, 15) is 4.79 Å². The number of hydrogen-bond donors (Lipinski definition) is 1. The van der Waals surface area contributed by atoms with Crippen molar-refractivity contribution >= 4 is 5.97 Å². The van der Waals surface area contributed by atoms with Crippen LogP contribution in [0.1, 0.15) is 33.1 Å². The zero-order valence-electron chi connectivity index (χ0n) is 6.39. The summed E-state index contributed by atoms with van der Waals surface area (Å²) in [4.78, 5) is 9.98. The normalized spacial score (nSPS) is 9.10. The summed E-state index contributed by atoms with van der Waals surface area (Å²) in [6, 6.07) is 0. The second-order valence-electron chi connectivity index (χ2n) is 2.68. The Morgan fingerprint density at radius 1 is 1.50 bits per heavy atom. The third-order valence-corrected chi connectivity index (χ3v) is 1.17. The Labute approximate surface area is 72.2 Å². The predicted octanol–water partition coefficient (Wildman–Crippen LogP) is 1.89. The molecule has 0 fully saturated rings. The van der Waals surface area contributed by atoms with E-state index in [1.165, 1.54) is 0 Å². The third kappa shape index (κ3) is 10.9. The van der Waals surface area contributed by atoms with Gasteiger partial charge in [-0.1, -0.05) is 20.3 Å². The topological polar surface area (TPSA) is 37.3 Å². The van der Waals surface area contributed by atoms with Crippen molar-refractivity contribution in [2.75, 3.05) is 0 Å². The van der Waals surface area contributed by atoms with Gasteiger partial charge in [0, 0.05) is 23.2 Å². The first-order valence-corrected chi connectivity index (χ1v) is 3.34. The van der Waals surface area contributed by atoms with E-state index in [4.69, 9.17) is 5.11 Å². The Morgan fingerprint density at radius 2 is 2.00 bits per heavy atom. The minimum atomic E-state index is -0.685. The minimum absolute atomic E-state index is 0. The van der Waals surface area contributed by atoms with Crippen LogP contribution in [0, 0.1) is 5.92 Å². The molecule has 0 heterocycles. The Bertz CT molecular complexity index is 91.6. The van der Waals surface area contributed by atoms with E-state index in [0.717, 1.165) is 12.8 Å². The van der Waals surface area contributed by atoms with Gasteiger partial charge in [-0.15, -0.1) is 0 Å². The Kier molecular flexibility index (Phi) is 8.96. The third-order valence-electron chi connectivity index (χ3n) is 1.17. The van der Waals surface area contributed by atoms with Gasteiger partial charge in [0.05, 0.1) is 0 Å².